The Morgan fingerprint density at radius 1 is 1.77 bits per heavy atom. The zero-order chi connectivity index (χ0) is 9.68. The summed E-state index contributed by atoms with van der Waals surface area (Å²) in [5, 5.41) is 0. The Morgan fingerprint density at radius 3 is 3.15 bits per heavy atom. The van der Waals surface area contributed by atoms with E-state index in [1.54, 1.807) is 0 Å². The Morgan fingerprint density at radius 2 is 2.54 bits per heavy atom. The van der Waals surface area contributed by atoms with Gasteiger partial charge in [-0.05, 0) is 13.5 Å². The van der Waals surface area contributed by atoms with Crippen LogP contribution < -0.4 is 5.73 Å². The van der Waals surface area contributed by atoms with Crippen LogP contribution >= 0.6 is 0 Å². The van der Waals surface area contributed by atoms with Crippen LogP contribution in [0.4, 0.5) is 0 Å². The summed E-state index contributed by atoms with van der Waals surface area (Å²) in [7, 11) is 2.09. The van der Waals surface area contributed by atoms with Gasteiger partial charge in [0.15, 0.2) is 0 Å². The minimum absolute atomic E-state index is 0.0822. The predicted molar refractivity (Wildman–Crippen MR) is 53.3 cm³/mol. The highest BCUT2D eigenvalue weighted by atomic mass is 16.5. The average Bonchev–Trinajstić information content (AvgIpc) is 2.14. The lowest BCUT2D eigenvalue weighted by atomic mass is 10.1. The Balaban J connectivity index is 2.29. The van der Waals surface area contributed by atoms with E-state index in [0.717, 1.165) is 32.5 Å². The highest BCUT2D eigenvalue weighted by Gasteiger charge is 2.23. The van der Waals surface area contributed by atoms with Crippen molar-refractivity contribution in [1.82, 2.24) is 4.90 Å². The molecule has 0 saturated carbocycles. The first kappa shape index (κ1) is 10.5. The summed E-state index contributed by atoms with van der Waals surface area (Å²) in [6, 6.07) is 0.0822. The molecule has 0 aromatic carbocycles. The molecular weight excluding hydrogens is 164 g/mol. The number of nitrogens with zero attached hydrogens (tertiary/aromatic N) is 1. The van der Waals surface area contributed by atoms with Crippen LogP contribution in [0.1, 0.15) is 12.8 Å². The van der Waals surface area contributed by atoms with Gasteiger partial charge in [-0.1, -0.05) is 0 Å². The van der Waals surface area contributed by atoms with E-state index in [4.69, 9.17) is 16.9 Å². The molecule has 13 heavy (non-hydrogen) atoms. The van der Waals surface area contributed by atoms with Crippen molar-refractivity contribution in [2.45, 2.75) is 25.0 Å². The van der Waals surface area contributed by atoms with Crippen LogP contribution in [0.2, 0.25) is 0 Å². The molecule has 0 aromatic heterocycles. The lowest BCUT2D eigenvalue weighted by Gasteiger charge is -2.33. The number of terminal acetylenes is 1. The number of likely N-dealkylation sites (N-methyl/N-ethyl adjacent to an activating group) is 1. The third-order valence-electron chi connectivity index (χ3n) is 2.40. The molecule has 2 atom stereocenters. The first-order valence-corrected chi connectivity index (χ1v) is 4.73. The molecule has 3 heteroatoms. The fourth-order valence-electron chi connectivity index (χ4n) is 1.51. The zero-order valence-corrected chi connectivity index (χ0v) is 8.20. The van der Waals surface area contributed by atoms with Gasteiger partial charge in [0.1, 0.15) is 0 Å². The van der Waals surface area contributed by atoms with Crippen molar-refractivity contribution in [3.63, 3.8) is 0 Å². The molecule has 0 bridgehead atoms. The Labute approximate surface area is 80.2 Å². The normalized spacial score (nSPS) is 26.7. The number of morpholine rings is 1. The molecule has 0 spiro atoms. The van der Waals surface area contributed by atoms with Gasteiger partial charge in [0, 0.05) is 25.6 Å². The largest absolute Gasteiger partial charge is 0.374 e. The second-order valence-electron chi connectivity index (χ2n) is 3.58. The molecule has 2 unspecified atom stereocenters. The van der Waals surface area contributed by atoms with Crippen molar-refractivity contribution in [2.24, 2.45) is 5.73 Å². The molecule has 2 N–H and O–H groups in total. The van der Waals surface area contributed by atoms with E-state index >= 15 is 0 Å². The predicted octanol–water partition coefficient (Wildman–Crippen LogP) is 0.0577. The van der Waals surface area contributed by atoms with E-state index in [0.29, 0.717) is 0 Å². The van der Waals surface area contributed by atoms with Gasteiger partial charge in [0.25, 0.3) is 0 Å². The standard InChI is InChI=1S/C10H18N2O/c1-3-4-5-9(11)10-8-12(2)6-7-13-10/h1,9-10H,4-8,11H2,2H3. The molecule has 1 aliphatic rings. The number of hydrogen-bond donors (Lipinski definition) is 1. The summed E-state index contributed by atoms with van der Waals surface area (Å²) in [6.45, 7) is 2.70. The highest BCUT2D eigenvalue weighted by Crippen LogP contribution is 2.09. The van der Waals surface area contributed by atoms with E-state index in [-0.39, 0.29) is 12.1 Å². The van der Waals surface area contributed by atoms with Crippen molar-refractivity contribution in [3.8, 4) is 12.3 Å². The van der Waals surface area contributed by atoms with Crippen LogP contribution in [-0.4, -0.2) is 43.8 Å². The molecule has 0 aromatic rings. The van der Waals surface area contributed by atoms with Crippen LogP contribution in [0.25, 0.3) is 0 Å². The van der Waals surface area contributed by atoms with Gasteiger partial charge in [-0.3, -0.25) is 0 Å². The quantitative estimate of drug-likeness (QED) is 0.627. The number of rotatable bonds is 3. The fraction of sp³-hybridized carbons (Fsp3) is 0.800. The SMILES string of the molecule is C#CCCC(N)C1CN(C)CCO1. The number of hydrogen-bond acceptors (Lipinski definition) is 3. The van der Waals surface area contributed by atoms with Crippen LogP contribution in [0, 0.1) is 12.3 Å². The van der Waals surface area contributed by atoms with Crippen LogP contribution in [0.5, 0.6) is 0 Å². The molecule has 3 nitrogen and oxygen atoms in total. The molecule has 0 aliphatic carbocycles. The fourth-order valence-corrected chi connectivity index (χ4v) is 1.51. The maximum Gasteiger partial charge on any atom is 0.0853 e. The zero-order valence-electron chi connectivity index (χ0n) is 8.20. The molecule has 1 heterocycles. The van der Waals surface area contributed by atoms with Gasteiger partial charge in [-0.2, -0.15) is 0 Å². The average molecular weight is 182 g/mol. The minimum atomic E-state index is 0.0822. The van der Waals surface area contributed by atoms with Gasteiger partial charge >= 0.3 is 0 Å². The van der Waals surface area contributed by atoms with Crippen molar-refractivity contribution >= 4 is 0 Å². The minimum Gasteiger partial charge on any atom is -0.374 e. The lowest BCUT2D eigenvalue weighted by molar-refractivity contribution is -0.0329. The second-order valence-corrected chi connectivity index (χ2v) is 3.58. The van der Waals surface area contributed by atoms with Crippen LogP contribution in [0.3, 0.4) is 0 Å². The van der Waals surface area contributed by atoms with Crippen LogP contribution in [0.15, 0.2) is 0 Å². The summed E-state index contributed by atoms with van der Waals surface area (Å²) in [4.78, 5) is 2.24. The van der Waals surface area contributed by atoms with Gasteiger partial charge in [-0.15, -0.1) is 12.3 Å². The third-order valence-corrected chi connectivity index (χ3v) is 2.40. The second kappa shape index (κ2) is 5.23. The van der Waals surface area contributed by atoms with Crippen molar-refractivity contribution in [2.75, 3.05) is 26.7 Å². The maximum atomic E-state index is 5.95. The molecule has 1 aliphatic heterocycles. The first-order valence-electron chi connectivity index (χ1n) is 4.73. The van der Waals surface area contributed by atoms with Crippen molar-refractivity contribution in [1.29, 1.82) is 0 Å². The summed E-state index contributed by atoms with van der Waals surface area (Å²) >= 11 is 0. The molecule has 1 rings (SSSR count). The van der Waals surface area contributed by atoms with Crippen LogP contribution in [-0.2, 0) is 4.74 Å². The summed E-state index contributed by atoms with van der Waals surface area (Å²) in [5.74, 6) is 2.60. The first-order chi connectivity index (χ1) is 6.24. The molecule has 1 fully saturated rings. The summed E-state index contributed by atoms with van der Waals surface area (Å²) < 4.78 is 5.57. The topological polar surface area (TPSA) is 38.5 Å². The number of ether oxygens (including phenoxy) is 1. The van der Waals surface area contributed by atoms with Crippen molar-refractivity contribution < 1.29 is 4.74 Å². The molecule has 1 saturated heterocycles. The van der Waals surface area contributed by atoms with Gasteiger partial charge < -0.3 is 15.4 Å². The lowest BCUT2D eigenvalue weighted by Crippen LogP contribution is -2.49. The monoisotopic (exact) mass is 182 g/mol. The van der Waals surface area contributed by atoms with Gasteiger partial charge in [0.05, 0.1) is 12.7 Å². The van der Waals surface area contributed by atoms with E-state index < -0.39 is 0 Å². The molecular formula is C10H18N2O. The molecule has 0 radical (unpaired) electrons. The molecule has 0 amide bonds. The summed E-state index contributed by atoms with van der Waals surface area (Å²) in [5.41, 5.74) is 5.95. The highest BCUT2D eigenvalue weighted by molar-refractivity contribution is 4.88. The number of nitrogens with two attached hydrogens (primary N) is 1. The summed E-state index contributed by atoms with van der Waals surface area (Å²) in [6.07, 6.45) is 6.93. The Bertz CT molecular complexity index is 188. The van der Waals surface area contributed by atoms with E-state index in [9.17, 15) is 0 Å². The maximum absolute atomic E-state index is 5.95. The van der Waals surface area contributed by atoms with E-state index in [2.05, 4.69) is 17.9 Å². The molecule has 74 valence electrons. The van der Waals surface area contributed by atoms with Crippen molar-refractivity contribution in [3.05, 3.63) is 0 Å². The Hall–Kier alpha value is -0.560. The Kier molecular flexibility index (Phi) is 4.23. The smallest absolute Gasteiger partial charge is 0.0853 e. The van der Waals surface area contributed by atoms with E-state index in [1.165, 1.54) is 0 Å². The van der Waals surface area contributed by atoms with Gasteiger partial charge in [0.2, 0.25) is 0 Å². The third kappa shape index (κ3) is 3.35. The van der Waals surface area contributed by atoms with Gasteiger partial charge in [-0.25, -0.2) is 0 Å². The van der Waals surface area contributed by atoms with E-state index in [1.807, 2.05) is 0 Å².